The lowest BCUT2D eigenvalue weighted by Gasteiger charge is -2.32. The van der Waals surface area contributed by atoms with E-state index in [1.165, 1.54) is 25.7 Å². The van der Waals surface area contributed by atoms with Crippen LogP contribution in [0, 0.1) is 16.7 Å². The maximum atomic E-state index is 8.99. The summed E-state index contributed by atoms with van der Waals surface area (Å²) in [6.07, 6.45) is 8.30. The van der Waals surface area contributed by atoms with Crippen LogP contribution < -0.4 is 0 Å². The zero-order valence-corrected chi connectivity index (χ0v) is 12.2. The van der Waals surface area contributed by atoms with Gasteiger partial charge in [0, 0.05) is 24.3 Å². The number of rotatable bonds is 7. The van der Waals surface area contributed by atoms with Crippen molar-refractivity contribution in [3.63, 3.8) is 0 Å². The highest BCUT2D eigenvalue weighted by Crippen LogP contribution is 2.34. The molecule has 0 N–H and O–H groups in total. The second-order valence-electron chi connectivity index (χ2n) is 4.62. The molecular weight excluding hydrogens is 278 g/mol. The Morgan fingerprint density at radius 3 is 2.53 bits per heavy atom. The average Bonchev–Trinajstić information content (AvgIpc) is 2.76. The normalized spacial score (nSPS) is 11.4. The topological polar surface area (TPSA) is 41.6 Å². The molecule has 0 aliphatic rings. The minimum absolute atomic E-state index is 0.246. The van der Waals surface area contributed by atoms with Crippen molar-refractivity contribution in [3.8, 4) is 6.07 Å². The summed E-state index contributed by atoms with van der Waals surface area (Å²) in [6.45, 7) is 5.31. The highest BCUT2D eigenvalue weighted by Gasteiger charge is 2.28. The zero-order valence-electron chi connectivity index (χ0n) is 10.6. The molecule has 0 fully saturated rings. The Hall–Kier alpha value is -0.820. The third-order valence-corrected chi connectivity index (χ3v) is 4.35. The molecule has 1 rings (SSSR count). The number of nitriles is 1. The highest BCUT2D eigenvalue weighted by molar-refractivity contribution is 9.09. The summed E-state index contributed by atoms with van der Waals surface area (Å²) in [5.41, 5.74) is 0.246. The predicted molar refractivity (Wildman–Crippen MR) is 73.0 cm³/mol. The summed E-state index contributed by atoms with van der Waals surface area (Å²) in [7, 11) is 0. The van der Waals surface area contributed by atoms with Gasteiger partial charge in [-0.25, -0.2) is 4.98 Å². The average molecular weight is 298 g/mol. The van der Waals surface area contributed by atoms with Gasteiger partial charge in [0.1, 0.15) is 6.07 Å². The number of imidazole rings is 1. The Bertz CT molecular complexity index is 372. The van der Waals surface area contributed by atoms with Crippen LogP contribution in [-0.2, 0) is 6.54 Å². The summed E-state index contributed by atoms with van der Waals surface area (Å²) < 4.78 is 1.98. The number of alkyl halides is 1. The number of hydrogen-bond acceptors (Lipinski definition) is 2. The van der Waals surface area contributed by atoms with Gasteiger partial charge in [0.25, 0.3) is 0 Å². The second kappa shape index (κ2) is 6.80. The van der Waals surface area contributed by atoms with E-state index in [-0.39, 0.29) is 5.41 Å². The molecule has 3 nitrogen and oxygen atoms in total. The van der Waals surface area contributed by atoms with E-state index >= 15 is 0 Å². The molecule has 0 saturated carbocycles. The Balaban J connectivity index is 2.89. The van der Waals surface area contributed by atoms with Gasteiger partial charge in [0.2, 0.25) is 5.82 Å². The molecule has 0 radical (unpaired) electrons. The van der Waals surface area contributed by atoms with Crippen LogP contribution in [0.2, 0.25) is 0 Å². The van der Waals surface area contributed by atoms with Crippen LogP contribution in [0.1, 0.15) is 45.4 Å². The molecule has 0 aliphatic heterocycles. The molecule has 1 aromatic rings. The molecule has 0 saturated heterocycles. The number of halogens is 1. The van der Waals surface area contributed by atoms with E-state index in [1.54, 1.807) is 6.20 Å². The van der Waals surface area contributed by atoms with Crippen molar-refractivity contribution < 1.29 is 0 Å². The molecule has 1 heterocycles. The second-order valence-corrected chi connectivity index (χ2v) is 5.18. The van der Waals surface area contributed by atoms with Crippen LogP contribution in [0.4, 0.5) is 0 Å². The van der Waals surface area contributed by atoms with Crippen LogP contribution in [0.25, 0.3) is 0 Å². The molecule has 17 heavy (non-hydrogen) atoms. The first-order chi connectivity index (χ1) is 8.21. The van der Waals surface area contributed by atoms with Gasteiger partial charge in [-0.05, 0) is 18.3 Å². The van der Waals surface area contributed by atoms with E-state index in [2.05, 4.69) is 40.8 Å². The van der Waals surface area contributed by atoms with Gasteiger partial charge in [-0.1, -0.05) is 42.6 Å². The predicted octanol–water partition coefficient (Wildman–Crippen LogP) is 3.74. The van der Waals surface area contributed by atoms with Crippen molar-refractivity contribution in [2.45, 2.75) is 46.1 Å². The van der Waals surface area contributed by atoms with Gasteiger partial charge in [-0.3, -0.25) is 0 Å². The van der Waals surface area contributed by atoms with Crippen molar-refractivity contribution in [1.82, 2.24) is 9.55 Å². The Labute approximate surface area is 112 Å². The smallest absolute Gasteiger partial charge is 0.212 e. The molecule has 1 aromatic heterocycles. The van der Waals surface area contributed by atoms with Crippen LogP contribution in [0.3, 0.4) is 0 Å². The zero-order chi connectivity index (χ0) is 12.7. The van der Waals surface area contributed by atoms with E-state index in [0.717, 1.165) is 11.9 Å². The maximum Gasteiger partial charge on any atom is 0.212 e. The molecule has 0 atom stereocenters. The SMILES string of the molecule is CCCC(CBr)(CCC)Cn1ccnc1C#N. The van der Waals surface area contributed by atoms with E-state index in [0.29, 0.717) is 5.82 Å². The summed E-state index contributed by atoms with van der Waals surface area (Å²) in [6, 6.07) is 2.14. The Morgan fingerprint density at radius 1 is 1.41 bits per heavy atom. The van der Waals surface area contributed by atoms with Crippen molar-refractivity contribution in [2.75, 3.05) is 5.33 Å². The number of aromatic nitrogens is 2. The molecule has 0 aliphatic carbocycles. The van der Waals surface area contributed by atoms with Gasteiger partial charge >= 0.3 is 0 Å². The molecule has 0 aromatic carbocycles. The standard InChI is InChI=1S/C13H20BrN3/c1-3-5-13(10-14,6-4-2)11-17-8-7-16-12(17)9-15/h7-8H,3-6,10-11H2,1-2H3. The monoisotopic (exact) mass is 297 g/mol. The maximum absolute atomic E-state index is 8.99. The van der Waals surface area contributed by atoms with Gasteiger partial charge in [-0.15, -0.1) is 0 Å². The first kappa shape index (κ1) is 14.2. The molecular formula is C13H20BrN3. The van der Waals surface area contributed by atoms with Gasteiger partial charge in [-0.2, -0.15) is 5.26 Å². The minimum Gasteiger partial charge on any atom is -0.322 e. The quantitative estimate of drug-likeness (QED) is 0.720. The third kappa shape index (κ3) is 3.57. The van der Waals surface area contributed by atoms with Gasteiger partial charge in [0.15, 0.2) is 0 Å². The summed E-state index contributed by atoms with van der Waals surface area (Å²) in [5, 5.41) is 9.97. The fourth-order valence-corrected chi connectivity index (χ4v) is 3.17. The summed E-state index contributed by atoms with van der Waals surface area (Å²) in [5.74, 6) is 0.516. The summed E-state index contributed by atoms with van der Waals surface area (Å²) in [4.78, 5) is 4.06. The van der Waals surface area contributed by atoms with Crippen LogP contribution >= 0.6 is 15.9 Å². The first-order valence-corrected chi connectivity index (χ1v) is 7.30. The lowest BCUT2D eigenvalue weighted by Crippen LogP contribution is -2.29. The molecule has 4 heteroatoms. The van der Waals surface area contributed by atoms with E-state index in [1.807, 2.05) is 10.8 Å². The van der Waals surface area contributed by atoms with Crippen molar-refractivity contribution in [2.24, 2.45) is 5.41 Å². The molecule has 0 bridgehead atoms. The van der Waals surface area contributed by atoms with Gasteiger partial charge < -0.3 is 4.57 Å². The van der Waals surface area contributed by atoms with Crippen molar-refractivity contribution in [3.05, 3.63) is 18.2 Å². The molecule has 0 amide bonds. The molecule has 94 valence electrons. The largest absolute Gasteiger partial charge is 0.322 e. The van der Waals surface area contributed by atoms with E-state index < -0.39 is 0 Å². The molecule has 0 unspecified atom stereocenters. The van der Waals surface area contributed by atoms with Crippen LogP contribution in [0.15, 0.2) is 12.4 Å². The minimum atomic E-state index is 0.246. The molecule has 0 spiro atoms. The Morgan fingerprint density at radius 2 is 2.06 bits per heavy atom. The van der Waals surface area contributed by atoms with Gasteiger partial charge in [0.05, 0.1) is 0 Å². The number of hydrogen-bond donors (Lipinski definition) is 0. The summed E-state index contributed by atoms with van der Waals surface area (Å²) >= 11 is 3.65. The third-order valence-electron chi connectivity index (χ3n) is 3.17. The van der Waals surface area contributed by atoms with E-state index in [9.17, 15) is 0 Å². The van der Waals surface area contributed by atoms with E-state index in [4.69, 9.17) is 5.26 Å². The fraction of sp³-hybridized carbons (Fsp3) is 0.692. The first-order valence-electron chi connectivity index (χ1n) is 6.18. The Kier molecular flexibility index (Phi) is 5.70. The lowest BCUT2D eigenvalue weighted by atomic mass is 9.81. The van der Waals surface area contributed by atoms with Crippen LogP contribution in [-0.4, -0.2) is 14.9 Å². The van der Waals surface area contributed by atoms with Crippen molar-refractivity contribution >= 4 is 15.9 Å². The van der Waals surface area contributed by atoms with Crippen LogP contribution in [0.5, 0.6) is 0 Å². The highest BCUT2D eigenvalue weighted by atomic mass is 79.9. The number of nitrogens with zero attached hydrogens (tertiary/aromatic N) is 3. The van der Waals surface area contributed by atoms with Crippen molar-refractivity contribution in [1.29, 1.82) is 5.26 Å². The lowest BCUT2D eigenvalue weighted by molar-refractivity contribution is 0.232. The fourth-order valence-electron chi connectivity index (χ4n) is 2.43.